The van der Waals surface area contributed by atoms with Gasteiger partial charge in [0, 0.05) is 6.04 Å². The highest BCUT2D eigenvalue weighted by Crippen LogP contribution is 2.47. The van der Waals surface area contributed by atoms with Crippen LogP contribution in [0, 0.1) is 11.8 Å². The fourth-order valence-corrected chi connectivity index (χ4v) is 3.68. The Morgan fingerprint density at radius 1 is 1.25 bits per heavy atom. The molecule has 1 amide bonds. The zero-order chi connectivity index (χ0) is 12.1. The third-order valence-corrected chi connectivity index (χ3v) is 4.47. The van der Waals surface area contributed by atoms with E-state index >= 15 is 0 Å². The van der Waals surface area contributed by atoms with Crippen LogP contribution in [0.1, 0.15) is 47.5 Å². The van der Waals surface area contributed by atoms with Crippen molar-refractivity contribution < 1.29 is 9.53 Å². The van der Waals surface area contributed by atoms with Crippen LogP contribution in [0.3, 0.4) is 0 Å². The van der Waals surface area contributed by atoms with Gasteiger partial charge in [0.2, 0.25) is 0 Å². The van der Waals surface area contributed by atoms with Gasteiger partial charge in [-0.25, -0.2) is 4.79 Å². The van der Waals surface area contributed by atoms with Gasteiger partial charge >= 0.3 is 6.09 Å². The molecule has 0 aromatic heterocycles. The molecule has 0 bridgehead atoms. The van der Waals surface area contributed by atoms with Crippen molar-refractivity contribution in [1.29, 1.82) is 0 Å². The molecule has 2 aliphatic rings. The van der Waals surface area contributed by atoms with Crippen LogP contribution < -0.4 is 0 Å². The molecule has 0 unspecified atom stereocenters. The Bertz CT molecular complexity index is 290. The van der Waals surface area contributed by atoms with Crippen molar-refractivity contribution in [1.82, 2.24) is 4.90 Å². The number of cyclic esters (lactones) is 1. The van der Waals surface area contributed by atoms with E-state index in [1.165, 1.54) is 0 Å². The summed E-state index contributed by atoms with van der Waals surface area (Å²) in [6.45, 7) is 10.8. The van der Waals surface area contributed by atoms with Crippen molar-refractivity contribution in [3.8, 4) is 0 Å². The molecule has 0 saturated carbocycles. The molecule has 2 aliphatic heterocycles. The zero-order valence-electron chi connectivity index (χ0n) is 11.0. The van der Waals surface area contributed by atoms with Gasteiger partial charge in [-0.15, -0.1) is 0 Å². The average Bonchev–Trinajstić information content (AvgIpc) is 2.68. The van der Waals surface area contributed by atoms with E-state index in [0.29, 0.717) is 17.9 Å². The Morgan fingerprint density at radius 3 is 2.31 bits per heavy atom. The molecular formula is C13H23NO2. The minimum atomic E-state index is -0.276. The summed E-state index contributed by atoms with van der Waals surface area (Å²) in [5, 5.41) is 0. The standard InChI is InChI=1S/C13H23NO2/c1-8(2)13(9(3)4)11-7-6-10(5)14(11)12(15)16-13/h8-11H,6-7H2,1-5H3/t10-,11-/m0/s1. The number of carbonyl (C=O) groups excluding carboxylic acids is 1. The Labute approximate surface area is 98.1 Å². The second kappa shape index (κ2) is 3.64. The van der Waals surface area contributed by atoms with Gasteiger partial charge in [-0.05, 0) is 31.6 Å². The van der Waals surface area contributed by atoms with Gasteiger partial charge in [0.05, 0.1) is 6.04 Å². The second-order valence-electron chi connectivity index (χ2n) is 5.88. The van der Waals surface area contributed by atoms with E-state index in [1.54, 1.807) is 0 Å². The predicted octanol–water partition coefficient (Wildman–Crippen LogP) is 3.04. The highest BCUT2D eigenvalue weighted by molar-refractivity contribution is 5.72. The number of rotatable bonds is 2. The lowest BCUT2D eigenvalue weighted by atomic mass is 9.74. The topological polar surface area (TPSA) is 29.5 Å². The Balaban J connectivity index is 2.39. The molecule has 92 valence electrons. The van der Waals surface area contributed by atoms with Crippen LogP contribution in [0.4, 0.5) is 4.79 Å². The first-order chi connectivity index (χ1) is 7.41. The summed E-state index contributed by atoms with van der Waals surface area (Å²) in [4.78, 5) is 14.0. The quantitative estimate of drug-likeness (QED) is 0.723. The third-order valence-electron chi connectivity index (χ3n) is 4.47. The maximum atomic E-state index is 12.0. The van der Waals surface area contributed by atoms with Crippen molar-refractivity contribution in [2.24, 2.45) is 11.8 Å². The van der Waals surface area contributed by atoms with E-state index in [1.807, 2.05) is 4.90 Å². The lowest BCUT2D eigenvalue weighted by Crippen LogP contribution is -2.51. The van der Waals surface area contributed by atoms with Crippen molar-refractivity contribution >= 4 is 6.09 Å². The van der Waals surface area contributed by atoms with Gasteiger partial charge in [0.15, 0.2) is 0 Å². The van der Waals surface area contributed by atoms with E-state index in [9.17, 15) is 4.79 Å². The molecule has 0 aromatic carbocycles. The van der Waals surface area contributed by atoms with Crippen molar-refractivity contribution in [2.45, 2.75) is 65.1 Å². The first-order valence-electron chi connectivity index (χ1n) is 6.42. The van der Waals surface area contributed by atoms with E-state index in [4.69, 9.17) is 4.74 Å². The van der Waals surface area contributed by atoms with Gasteiger partial charge in [0.25, 0.3) is 0 Å². The number of nitrogens with zero attached hydrogens (tertiary/aromatic N) is 1. The van der Waals surface area contributed by atoms with E-state index < -0.39 is 0 Å². The Hall–Kier alpha value is -0.730. The van der Waals surface area contributed by atoms with Gasteiger partial charge in [-0.3, -0.25) is 4.90 Å². The van der Waals surface area contributed by atoms with Crippen LogP contribution in [0.5, 0.6) is 0 Å². The molecule has 0 aliphatic carbocycles. The lowest BCUT2D eigenvalue weighted by molar-refractivity contribution is -0.0440. The molecule has 2 heterocycles. The van der Waals surface area contributed by atoms with E-state index in [0.717, 1.165) is 12.8 Å². The monoisotopic (exact) mass is 225 g/mol. The fourth-order valence-electron chi connectivity index (χ4n) is 3.68. The summed E-state index contributed by atoms with van der Waals surface area (Å²) in [5.74, 6) is 0.744. The number of hydrogen-bond donors (Lipinski definition) is 0. The van der Waals surface area contributed by atoms with Crippen LogP contribution in [-0.2, 0) is 4.74 Å². The largest absolute Gasteiger partial charge is 0.440 e. The highest BCUT2D eigenvalue weighted by atomic mass is 16.6. The second-order valence-corrected chi connectivity index (χ2v) is 5.88. The van der Waals surface area contributed by atoms with Crippen molar-refractivity contribution in [2.75, 3.05) is 0 Å². The van der Waals surface area contributed by atoms with Crippen molar-refractivity contribution in [3.63, 3.8) is 0 Å². The molecule has 2 rings (SSSR count). The minimum absolute atomic E-state index is 0.0996. The molecule has 0 N–H and O–H groups in total. The molecule has 3 heteroatoms. The smallest absolute Gasteiger partial charge is 0.411 e. The molecule has 3 nitrogen and oxygen atoms in total. The average molecular weight is 225 g/mol. The molecule has 0 aromatic rings. The molecule has 2 fully saturated rings. The maximum Gasteiger partial charge on any atom is 0.411 e. The fraction of sp³-hybridized carbons (Fsp3) is 0.923. The first kappa shape index (κ1) is 11.7. The van der Waals surface area contributed by atoms with E-state index in [2.05, 4.69) is 34.6 Å². The predicted molar refractivity (Wildman–Crippen MR) is 63.2 cm³/mol. The third kappa shape index (κ3) is 1.30. The molecule has 0 radical (unpaired) electrons. The summed E-state index contributed by atoms with van der Waals surface area (Å²) >= 11 is 0. The number of ether oxygens (including phenoxy) is 1. The number of fused-ring (bicyclic) bond motifs is 1. The minimum Gasteiger partial charge on any atom is -0.440 e. The van der Waals surface area contributed by atoms with Gasteiger partial charge in [0.1, 0.15) is 5.60 Å². The summed E-state index contributed by atoms with van der Waals surface area (Å²) in [6, 6.07) is 0.631. The number of carbonyl (C=O) groups is 1. The molecule has 2 saturated heterocycles. The van der Waals surface area contributed by atoms with Crippen LogP contribution in [0.2, 0.25) is 0 Å². The molecular weight excluding hydrogens is 202 g/mol. The lowest BCUT2D eigenvalue weighted by Gasteiger charge is -2.39. The van der Waals surface area contributed by atoms with Crippen LogP contribution in [0.25, 0.3) is 0 Å². The normalized spacial score (nSPS) is 32.4. The van der Waals surface area contributed by atoms with Crippen LogP contribution in [0.15, 0.2) is 0 Å². The van der Waals surface area contributed by atoms with Gasteiger partial charge in [-0.1, -0.05) is 27.7 Å². The van der Waals surface area contributed by atoms with Gasteiger partial charge in [-0.2, -0.15) is 0 Å². The van der Waals surface area contributed by atoms with Crippen LogP contribution in [-0.4, -0.2) is 28.7 Å². The summed E-state index contributed by atoms with van der Waals surface area (Å²) in [5.41, 5.74) is -0.276. The first-order valence-corrected chi connectivity index (χ1v) is 6.42. The highest BCUT2D eigenvalue weighted by Gasteiger charge is 2.60. The van der Waals surface area contributed by atoms with E-state index in [-0.39, 0.29) is 17.7 Å². The molecule has 2 atom stereocenters. The summed E-state index contributed by atoms with van der Waals surface area (Å²) in [6.07, 6.45) is 2.10. The van der Waals surface area contributed by atoms with Crippen molar-refractivity contribution in [3.05, 3.63) is 0 Å². The summed E-state index contributed by atoms with van der Waals surface area (Å²) in [7, 11) is 0. The van der Waals surface area contributed by atoms with Gasteiger partial charge < -0.3 is 4.74 Å². The maximum absolute atomic E-state index is 12.0. The number of amides is 1. The number of hydrogen-bond acceptors (Lipinski definition) is 2. The summed E-state index contributed by atoms with van der Waals surface area (Å²) < 4.78 is 5.80. The Kier molecular flexibility index (Phi) is 2.67. The zero-order valence-corrected chi connectivity index (χ0v) is 11.0. The van der Waals surface area contributed by atoms with Crippen LogP contribution >= 0.6 is 0 Å². The SMILES string of the molecule is CC(C)C1(C(C)C)OC(=O)N2[C@H]1CC[C@@H]2C. The molecule has 0 spiro atoms. The molecule has 16 heavy (non-hydrogen) atoms. The Morgan fingerprint density at radius 2 is 1.81 bits per heavy atom.